The number of nitrogens with two attached hydrogens (primary N) is 1. The number of aryl methyl sites for hydroxylation is 1. The van der Waals surface area contributed by atoms with Crippen LogP contribution in [0.5, 0.6) is 0 Å². The van der Waals surface area contributed by atoms with Gasteiger partial charge in [-0.25, -0.2) is 15.0 Å². The molecule has 0 aliphatic heterocycles. The van der Waals surface area contributed by atoms with Crippen LogP contribution in [0.4, 0.5) is 5.82 Å². The average Bonchev–Trinajstić information content (AvgIpc) is 3.03. The fraction of sp³-hybridized carbons (Fsp3) is 0.368. The van der Waals surface area contributed by atoms with E-state index in [1.165, 1.54) is 6.92 Å². The molecule has 7 heteroatoms. The quantitative estimate of drug-likeness (QED) is 0.656. The van der Waals surface area contributed by atoms with Gasteiger partial charge in [-0.05, 0) is 17.5 Å². The van der Waals surface area contributed by atoms with Crippen molar-refractivity contribution < 1.29 is 9.53 Å². The molecule has 2 N–H and O–H groups in total. The van der Waals surface area contributed by atoms with E-state index >= 15 is 0 Å². The summed E-state index contributed by atoms with van der Waals surface area (Å²) >= 11 is 0. The van der Waals surface area contributed by atoms with Gasteiger partial charge in [-0.15, -0.1) is 0 Å². The van der Waals surface area contributed by atoms with E-state index in [-0.39, 0.29) is 12.6 Å². The normalized spacial score (nSPS) is 11.0. The first-order valence-electron chi connectivity index (χ1n) is 8.75. The summed E-state index contributed by atoms with van der Waals surface area (Å²) in [6.45, 7) is 4.46. The van der Waals surface area contributed by atoms with Gasteiger partial charge in [0.25, 0.3) is 0 Å². The Labute approximate surface area is 152 Å². The Morgan fingerprint density at radius 2 is 1.92 bits per heavy atom. The zero-order chi connectivity index (χ0) is 18.5. The monoisotopic (exact) mass is 353 g/mol. The summed E-state index contributed by atoms with van der Waals surface area (Å²) in [5, 5.41) is 0. The van der Waals surface area contributed by atoms with Crippen molar-refractivity contribution in [3.63, 3.8) is 0 Å². The molecule has 0 unspecified atom stereocenters. The molecule has 0 fully saturated rings. The van der Waals surface area contributed by atoms with Gasteiger partial charge in [0.2, 0.25) is 0 Å². The number of esters is 1. The number of carbonyl (C=O) groups is 1. The highest BCUT2D eigenvalue weighted by Gasteiger charge is 2.11. The number of ether oxygens (including phenoxy) is 1. The third-order valence-electron chi connectivity index (χ3n) is 4.11. The molecule has 7 nitrogen and oxygen atoms in total. The van der Waals surface area contributed by atoms with Crippen LogP contribution in [0.1, 0.15) is 43.6 Å². The number of fused-ring (bicyclic) bond motifs is 1. The van der Waals surface area contributed by atoms with Crippen molar-refractivity contribution in [1.29, 1.82) is 0 Å². The summed E-state index contributed by atoms with van der Waals surface area (Å²) in [5.41, 5.74) is 9.49. The molecule has 0 spiro atoms. The number of nitrogens with zero attached hydrogens (tertiary/aromatic N) is 4. The second-order valence-corrected chi connectivity index (χ2v) is 6.27. The van der Waals surface area contributed by atoms with Crippen molar-refractivity contribution >= 4 is 23.0 Å². The molecule has 136 valence electrons. The fourth-order valence-corrected chi connectivity index (χ4v) is 2.70. The minimum absolute atomic E-state index is 0.282. The van der Waals surface area contributed by atoms with Crippen LogP contribution in [0.3, 0.4) is 0 Å². The predicted molar refractivity (Wildman–Crippen MR) is 99.4 cm³/mol. The van der Waals surface area contributed by atoms with E-state index in [1.54, 1.807) is 6.33 Å². The minimum Gasteiger partial charge on any atom is -0.461 e. The lowest BCUT2D eigenvalue weighted by Crippen LogP contribution is -2.05. The van der Waals surface area contributed by atoms with Gasteiger partial charge in [0.1, 0.15) is 17.9 Å². The number of rotatable bonds is 7. The van der Waals surface area contributed by atoms with Crippen LogP contribution >= 0.6 is 0 Å². The first kappa shape index (κ1) is 17.8. The number of carbonyl (C=O) groups excluding carboxylic acids is 1. The molecule has 1 aromatic carbocycles. The lowest BCUT2D eigenvalue weighted by atomic mass is 10.1. The number of hydrogen-bond donors (Lipinski definition) is 1. The summed E-state index contributed by atoms with van der Waals surface area (Å²) in [6, 6.07) is 7.92. The lowest BCUT2D eigenvalue weighted by Gasteiger charge is -2.07. The first-order valence-corrected chi connectivity index (χ1v) is 8.75. The molecule has 0 saturated carbocycles. The van der Waals surface area contributed by atoms with Gasteiger partial charge in [-0.3, -0.25) is 4.79 Å². The number of benzene rings is 1. The summed E-state index contributed by atoms with van der Waals surface area (Å²) in [4.78, 5) is 24.2. The van der Waals surface area contributed by atoms with E-state index in [0.29, 0.717) is 17.9 Å². The predicted octanol–water partition coefficient (Wildman–Crippen LogP) is 2.86. The van der Waals surface area contributed by atoms with Crippen molar-refractivity contribution in [1.82, 2.24) is 19.5 Å². The molecule has 0 amide bonds. The van der Waals surface area contributed by atoms with E-state index in [0.717, 1.165) is 41.9 Å². The van der Waals surface area contributed by atoms with Crippen LogP contribution in [0.2, 0.25) is 0 Å². The largest absolute Gasteiger partial charge is 0.461 e. The topological polar surface area (TPSA) is 95.9 Å². The van der Waals surface area contributed by atoms with E-state index < -0.39 is 0 Å². The van der Waals surface area contributed by atoms with Crippen LogP contribution < -0.4 is 5.73 Å². The zero-order valence-electron chi connectivity index (χ0n) is 15.1. The van der Waals surface area contributed by atoms with Gasteiger partial charge in [-0.1, -0.05) is 37.6 Å². The van der Waals surface area contributed by atoms with Gasteiger partial charge in [-0.2, -0.15) is 0 Å². The molecule has 2 aromatic heterocycles. The van der Waals surface area contributed by atoms with Crippen molar-refractivity contribution in [2.24, 2.45) is 0 Å². The Bertz CT molecular complexity index is 902. The molecule has 0 aliphatic carbocycles. The van der Waals surface area contributed by atoms with Crippen LogP contribution in [-0.2, 0) is 29.1 Å². The van der Waals surface area contributed by atoms with E-state index in [9.17, 15) is 4.79 Å². The molecule has 0 aliphatic rings. The molecule has 2 heterocycles. The van der Waals surface area contributed by atoms with E-state index in [2.05, 4.69) is 21.9 Å². The molecule has 3 aromatic rings. The average molecular weight is 353 g/mol. The number of unbranched alkanes of at least 4 members (excludes halogenated alkanes) is 1. The highest BCUT2D eigenvalue weighted by atomic mass is 16.5. The van der Waals surface area contributed by atoms with Crippen molar-refractivity contribution in [3.8, 4) is 0 Å². The number of anilines is 1. The molecule has 26 heavy (non-hydrogen) atoms. The Morgan fingerprint density at radius 1 is 1.19 bits per heavy atom. The molecule has 0 radical (unpaired) electrons. The molecule has 0 bridgehead atoms. The third-order valence-corrected chi connectivity index (χ3v) is 4.11. The number of hydrogen-bond acceptors (Lipinski definition) is 6. The maximum absolute atomic E-state index is 10.9. The van der Waals surface area contributed by atoms with Gasteiger partial charge >= 0.3 is 5.97 Å². The molecule has 3 rings (SSSR count). The zero-order valence-corrected chi connectivity index (χ0v) is 15.1. The van der Waals surface area contributed by atoms with Gasteiger partial charge in [0.15, 0.2) is 11.5 Å². The molecular weight excluding hydrogens is 330 g/mol. The third kappa shape index (κ3) is 4.17. The Morgan fingerprint density at radius 3 is 2.62 bits per heavy atom. The van der Waals surface area contributed by atoms with Crippen LogP contribution in [0, 0.1) is 0 Å². The van der Waals surface area contributed by atoms with Crippen LogP contribution in [-0.4, -0.2) is 25.5 Å². The second-order valence-electron chi connectivity index (χ2n) is 6.27. The fourth-order valence-electron chi connectivity index (χ4n) is 2.70. The highest BCUT2D eigenvalue weighted by Crippen LogP contribution is 2.18. The van der Waals surface area contributed by atoms with Gasteiger partial charge in [0.05, 0.1) is 12.9 Å². The summed E-state index contributed by atoms with van der Waals surface area (Å²) < 4.78 is 6.98. The van der Waals surface area contributed by atoms with Crippen LogP contribution in [0.15, 0.2) is 30.6 Å². The molecular formula is C19H23N5O2. The Kier molecular flexibility index (Phi) is 5.46. The van der Waals surface area contributed by atoms with Crippen LogP contribution in [0.25, 0.3) is 11.2 Å². The summed E-state index contributed by atoms with van der Waals surface area (Å²) in [7, 11) is 0. The molecule has 0 saturated heterocycles. The van der Waals surface area contributed by atoms with Gasteiger partial charge < -0.3 is 15.0 Å². The smallest absolute Gasteiger partial charge is 0.302 e. The number of imidazole rings is 1. The number of nitrogen functional groups attached to an aromatic ring is 1. The number of aromatic nitrogens is 4. The Balaban J connectivity index is 1.79. The van der Waals surface area contributed by atoms with Crippen molar-refractivity contribution in [2.75, 3.05) is 5.73 Å². The summed E-state index contributed by atoms with van der Waals surface area (Å²) in [6.07, 6.45) is 4.67. The van der Waals surface area contributed by atoms with Crippen molar-refractivity contribution in [3.05, 3.63) is 47.5 Å². The Hall–Kier alpha value is -2.96. The SMILES string of the molecule is CCCCc1nc(N)c2ncn(Cc3ccc(COC(C)=O)cc3)c2n1. The first-order chi connectivity index (χ1) is 12.6. The van der Waals surface area contributed by atoms with E-state index in [1.807, 2.05) is 28.8 Å². The minimum atomic E-state index is -0.282. The molecule has 0 atom stereocenters. The lowest BCUT2D eigenvalue weighted by molar-refractivity contribution is -0.142. The van der Waals surface area contributed by atoms with Gasteiger partial charge in [0, 0.05) is 13.3 Å². The standard InChI is InChI=1S/C19H23N5O2/c1-3-4-5-16-22-18(20)17-19(23-16)24(12-21-17)10-14-6-8-15(9-7-14)11-26-13(2)25/h6-9,12H,3-5,10-11H2,1-2H3,(H2,20,22,23). The highest BCUT2D eigenvalue weighted by molar-refractivity contribution is 5.81. The van der Waals surface area contributed by atoms with Crippen molar-refractivity contribution in [2.45, 2.75) is 46.3 Å². The van der Waals surface area contributed by atoms with E-state index in [4.69, 9.17) is 10.5 Å². The maximum atomic E-state index is 10.9. The maximum Gasteiger partial charge on any atom is 0.302 e. The summed E-state index contributed by atoms with van der Waals surface area (Å²) in [5.74, 6) is 0.905. The second kappa shape index (κ2) is 7.95.